The second-order valence-electron chi connectivity index (χ2n) is 4.92. The van der Waals surface area contributed by atoms with Crippen LogP contribution in [0.1, 0.15) is 0 Å². The minimum absolute atomic E-state index is 0.110. The number of rotatable bonds is 4. The summed E-state index contributed by atoms with van der Waals surface area (Å²) in [7, 11) is 2.08. The number of ether oxygens (including phenoxy) is 1. The van der Waals surface area contributed by atoms with Gasteiger partial charge in [-0.1, -0.05) is 0 Å². The molecule has 21 heavy (non-hydrogen) atoms. The van der Waals surface area contributed by atoms with E-state index < -0.39 is 0 Å². The molecule has 0 aromatic carbocycles. The first-order chi connectivity index (χ1) is 10.2. The third kappa shape index (κ3) is 3.44. The quantitative estimate of drug-likeness (QED) is 0.767. The minimum atomic E-state index is 0.110. The lowest BCUT2D eigenvalue weighted by atomic mass is 10.3. The Morgan fingerprint density at radius 2 is 2.33 bits per heavy atom. The lowest BCUT2D eigenvalue weighted by Gasteiger charge is -2.30. The number of hydrogen-bond donors (Lipinski definition) is 2. The zero-order chi connectivity index (χ0) is 14.7. The van der Waals surface area contributed by atoms with Gasteiger partial charge in [-0.15, -0.1) is 0 Å². The van der Waals surface area contributed by atoms with Crippen LogP contribution in [-0.4, -0.2) is 68.8 Å². The summed E-state index contributed by atoms with van der Waals surface area (Å²) in [5, 5.41) is 3.15. The van der Waals surface area contributed by atoms with E-state index in [4.69, 9.17) is 10.5 Å². The van der Waals surface area contributed by atoms with Crippen molar-refractivity contribution in [3.05, 3.63) is 18.7 Å². The van der Waals surface area contributed by atoms with Crippen molar-refractivity contribution in [1.29, 1.82) is 0 Å². The maximum Gasteiger partial charge on any atom is 0.241 e. The molecule has 3 N–H and O–H groups in total. The van der Waals surface area contributed by atoms with E-state index in [0.717, 1.165) is 19.7 Å². The highest BCUT2D eigenvalue weighted by atomic mass is 16.5. The van der Waals surface area contributed by atoms with Gasteiger partial charge in [0.15, 0.2) is 0 Å². The van der Waals surface area contributed by atoms with Gasteiger partial charge in [0.1, 0.15) is 6.33 Å². The van der Waals surface area contributed by atoms with E-state index >= 15 is 0 Å². The van der Waals surface area contributed by atoms with E-state index in [1.165, 1.54) is 0 Å². The van der Waals surface area contributed by atoms with Gasteiger partial charge in [-0.05, 0) is 7.05 Å². The highest BCUT2D eigenvalue weighted by Gasteiger charge is 2.18. The summed E-state index contributed by atoms with van der Waals surface area (Å²) in [4.78, 5) is 18.7. The summed E-state index contributed by atoms with van der Waals surface area (Å²) in [5.41, 5.74) is 5.72. The molecule has 3 rings (SSSR count). The lowest BCUT2D eigenvalue weighted by molar-refractivity contribution is -0.0118. The normalized spacial score (nSPS) is 19.6. The van der Waals surface area contributed by atoms with Gasteiger partial charge in [-0.3, -0.25) is 4.57 Å². The summed E-state index contributed by atoms with van der Waals surface area (Å²) in [5.74, 6) is 1.03. The molecule has 1 fully saturated rings. The summed E-state index contributed by atoms with van der Waals surface area (Å²) < 4.78 is 7.36. The number of hydrogen-bond acceptors (Lipinski definition) is 8. The number of nitrogens with zero attached hydrogens (tertiary/aromatic N) is 6. The fourth-order valence-electron chi connectivity index (χ4n) is 2.15. The average molecular weight is 290 g/mol. The Hall–Kier alpha value is -2.26. The number of nitrogens with two attached hydrogens (primary N) is 1. The van der Waals surface area contributed by atoms with Gasteiger partial charge < -0.3 is 20.7 Å². The van der Waals surface area contributed by atoms with Crippen LogP contribution in [0.15, 0.2) is 18.7 Å². The van der Waals surface area contributed by atoms with Crippen molar-refractivity contribution in [2.75, 3.05) is 44.3 Å². The number of nitrogens with one attached hydrogen (secondary N) is 1. The van der Waals surface area contributed by atoms with Gasteiger partial charge in [-0.2, -0.15) is 15.0 Å². The molecule has 1 saturated heterocycles. The second kappa shape index (κ2) is 6.02. The number of aromatic nitrogens is 5. The van der Waals surface area contributed by atoms with E-state index in [1.54, 1.807) is 23.3 Å². The molecule has 1 atom stereocenters. The Labute approximate surface area is 122 Å². The van der Waals surface area contributed by atoms with Crippen LogP contribution in [0.5, 0.6) is 0 Å². The number of likely N-dealkylation sites (N-methyl/N-ethyl adjacent to an activating group) is 1. The van der Waals surface area contributed by atoms with Gasteiger partial charge in [-0.25, -0.2) is 4.98 Å². The van der Waals surface area contributed by atoms with E-state index in [-0.39, 0.29) is 12.1 Å². The van der Waals surface area contributed by atoms with Crippen molar-refractivity contribution < 1.29 is 4.74 Å². The second-order valence-corrected chi connectivity index (χ2v) is 4.92. The molecule has 0 spiro atoms. The highest BCUT2D eigenvalue weighted by Crippen LogP contribution is 2.08. The third-order valence-electron chi connectivity index (χ3n) is 3.21. The van der Waals surface area contributed by atoms with Crippen molar-refractivity contribution in [3.63, 3.8) is 0 Å². The predicted octanol–water partition coefficient (Wildman–Crippen LogP) is -0.618. The fraction of sp³-hybridized carbons (Fsp3) is 0.500. The van der Waals surface area contributed by atoms with Crippen LogP contribution in [0, 0.1) is 0 Å². The predicted molar refractivity (Wildman–Crippen MR) is 77.1 cm³/mol. The molecule has 0 radical (unpaired) electrons. The molecule has 9 nitrogen and oxygen atoms in total. The van der Waals surface area contributed by atoms with Crippen molar-refractivity contribution in [2.24, 2.45) is 0 Å². The Morgan fingerprint density at radius 3 is 3.10 bits per heavy atom. The number of nitrogen functional groups attached to an aromatic ring is 1. The minimum Gasteiger partial charge on any atom is -0.374 e. The van der Waals surface area contributed by atoms with Gasteiger partial charge in [0.2, 0.25) is 17.8 Å². The van der Waals surface area contributed by atoms with Crippen molar-refractivity contribution in [3.8, 4) is 5.95 Å². The van der Waals surface area contributed by atoms with Gasteiger partial charge in [0, 0.05) is 32.0 Å². The standard InChI is InChI=1S/C12H18N8O/c1-19-4-5-21-9(7-19)6-15-11-16-10(13)17-12(18-11)20-3-2-14-8-20/h2-3,8-9H,4-7H2,1H3,(H3,13,15,16,17,18). The molecule has 2 aromatic heterocycles. The first-order valence-corrected chi connectivity index (χ1v) is 6.74. The van der Waals surface area contributed by atoms with Crippen molar-refractivity contribution >= 4 is 11.9 Å². The summed E-state index contributed by atoms with van der Waals surface area (Å²) in [6.45, 7) is 3.20. The van der Waals surface area contributed by atoms with E-state index in [1.807, 2.05) is 0 Å². The van der Waals surface area contributed by atoms with Crippen molar-refractivity contribution in [1.82, 2.24) is 29.4 Å². The Bertz CT molecular complexity index is 587. The summed E-state index contributed by atoms with van der Waals surface area (Å²) >= 11 is 0. The smallest absolute Gasteiger partial charge is 0.241 e. The Morgan fingerprint density at radius 1 is 1.43 bits per heavy atom. The van der Waals surface area contributed by atoms with Crippen LogP contribution < -0.4 is 11.1 Å². The first-order valence-electron chi connectivity index (χ1n) is 6.74. The highest BCUT2D eigenvalue weighted by molar-refractivity contribution is 5.35. The van der Waals surface area contributed by atoms with Gasteiger partial charge >= 0.3 is 0 Å². The molecule has 1 aliphatic heterocycles. The molecular formula is C12H18N8O. The molecule has 1 aliphatic rings. The topological polar surface area (TPSA) is 107 Å². The third-order valence-corrected chi connectivity index (χ3v) is 3.21. The molecule has 0 saturated carbocycles. The van der Waals surface area contributed by atoms with Crippen LogP contribution in [0.2, 0.25) is 0 Å². The SMILES string of the molecule is CN1CCOC(CNc2nc(N)nc(-n3ccnc3)n2)C1. The average Bonchev–Trinajstić information content (AvgIpc) is 2.99. The Balaban J connectivity index is 1.68. The van der Waals surface area contributed by atoms with E-state index in [0.29, 0.717) is 18.4 Å². The molecular weight excluding hydrogens is 272 g/mol. The van der Waals surface area contributed by atoms with Gasteiger partial charge in [0.05, 0.1) is 12.7 Å². The molecule has 2 aromatic rings. The maximum absolute atomic E-state index is 5.72. The molecule has 0 aliphatic carbocycles. The number of morpholine rings is 1. The largest absolute Gasteiger partial charge is 0.374 e. The van der Waals surface area contributed by atoms with Crippen LogP contribution in [-0.2, 0) is 4.74 Å². The fourth-order valence-corrected chi connectivity index (χ4v) is 2.15. The molecule has 112 valence electrons. The van der Waals surface area contributed by atoms with Crippen LogP contribution >= 0.6 is 0 Å². The first kappa shape index (κ1) is 13.7. The Kier molecular flexibility index (Phi) is 3.93. The molecule has 0 amide bonds. The molecule has 0 bridgehead atoms. The zero-order valence-corrected chi connectivity index (χ0v) is 11.8. The number of anilines is 2. The van der Waals surface area contributed by atoms with Crippen LogP contribution in [0.4, 0.5) is 11.9 Å². The van der Waals surface area contributed by atoms with Crippen molar-refractivity contribution in [2.45, 2.75) is 6.10 Å². The zero-order valence-electron chi connectivity index (χ0n) is 11.8. The summed E-state index contributed by atoms with van der Waals surface area (Å²) in [6, 6.07) is 0. The van der Waals surface area contributed by atoms with Crippen LogP contribution in [0.25, 0.3) is 5.95 Å². The van der Waals surface area contributed by atoms with Crippen LogP contribution in [0.3, 0.4) is 0 Å². The molecule has 9 heteroatoms. The maximum atomic E-state index is 5.72. The van der Waals surface area contributed by atoms with E-state index in [2.05, 4.69) is 37.2 Å². The lowest BCUT2D eigenvalue weighted by Crippen LogP contribution is -2.43. The summed E-state index contributed by atoms with van der Waals surface area (Å²) in [6.07, 6.45) is 5.12. The number of imidazole rings is 1. The molecule has 3 heterocycles. The monoisotopic (exact) mass is 290 g/mol. The van der Waals surface area contributed by atoms with Gasteiger partial charge in [0.25, 0.3) is 0 Å². The molecule has 1 unspecified atom stereocenters. The van der Waals surface area contributed by atoms with E-state index in [9.17, 15) is 0 Å².